The monoisotopic (exact) mass is 574 g/mol. The molecule has 0 atom stereocenters. The van der Waals surface area contributed by atoms with Gasteiger partial charge in [0.1, 0.15) is 5.82 Å². The Morgan fingerprint density at radius 2 is 0.889 bits per heavy atom. The molecule has 0 aliphatic carbocycles. The van der Waals surface area contributed by atoms with Crippen molar-refractivity contribution in [3.63, 3.8) is 0 Å². The fraction of sp³-hybridized carbons (Fsp3) is 0. The Morgan fingerprint density at radius 3 is 1.56 bits per heavy atom. The van der Waals surface area contributed by atoms with Crippen molar-refractivity contribution in [3.8, 4) is 17.2 Å². The van der Waals surface area contributed by atoms with Gasteiger partial charge in [-0.3, -0.25) is 4.57 Å². The molecular weight excluding hydrogens is 548 g/mol. The maximum absolute atomic E-state index is 5.00. The maximum Gasteiger partial charge on any atom is 0.139 e. The molecule has 45 heavy (non-hydrogen) atoms. The predicted molar refractivity (Wildman–Crippen MR) is 187 cm³/mol. The van der Waals surface area contributed by atoms with Crippen molar-refractivity contribution in [2.75, 3.05) is 0 Å². The number of hydrogen-bond acceptors (Lipinski definition) is 1. The number of pyridine rings is 1. The van der Waals surface area contributed by atoms with Crippen LogP contribution in [0.5, 0.6) is 0 Å². The zero-order valence-electron chi connectivity index (χ0n) is 24.3. The molecule has 210 valence electrons. The van der Waals surface area contributed by atoms with E-state index in [9.17, 15) is 0 Å². The molecule has 6 aromatic carbocycles. The van der Waals surface area contributed by atoms with E-state index < -0.39 is 0 Å². The number of fused-ring (bicyclic) bond motifs is 10. The zero-order valence-corrected chi connectivity index (χ0v) is 24.3. The minimum atomic E-state index is 0.891. The summed E-state index contributed by atoms with van der Waals surface area (Å²) >= 11 is 0. The summed E-state index contributed by atoms with van der Waals surface area (Å²) < 4.78 is 7.11. The molecule has 0 aliphatic rings. The van der Waals surface area contributed by atoms with E-state index in [4.69, 9.17) is 4.98 Å². The summed E-state index contributed by atoms with van der Waals surface area (Å²) in [6.45, 7) is 0. The van der Waals surface area contributed by atoms with Crippen molar-refractivity contribution in [2.45, 2.75) is 0 Å². The molecule has 0 N–H and O–H groups in total. The van der Waals surface area contributed by atoms with Crippen LogP contribution in [0.3, 0.4) is 0 Å². The molecule has 0 aliphatic heterocycles. The summed E-state index contributed by atoms with van der Waals surface area (Å²) in [7, 11) is 0. The van der Waals surface area contributed by atoms with Gasteiger partial charge in [-0.2, -0.15) is 0 Å². The highest BCUT2D eigenvalue weighted by atomic mass is 15.1. The lowest BCUT2D eigenvalue weighted by Crippen LogP contribution is -2.01. The zero-order chi connectivity index (χ0) is 29.5. The molecule has 10 rings (SSSR count). The minimum absolute atomic E-state index is 0.891. The van der Waals surface area contributed by atoms with Gasteiger partial charge in [-0.25, -0.2) is 4.98 Å². The Labute approximate surface area is 258 Å². The highest BCUT2D eigenvalue weighted by Gasteiger charge is 2.21. The second-order valence-electron chi connectivity index (χ2n) is 11.6. The van der Waals surface area contributed by atoms with Crippen molar-refractivity contribution in [1.82, 2.24) is 18.7 Å². The van der Waals surface area contributed by atoms with E-state index in [2.05, 4.69) is 165 Å². The van der Waals surface area contributed by atoms with Gasteiger partial charge in [-0.05, 0) is 48.5 Å². The van der Waals surface area contributed by atoms with Crippen LogP contribution in [-0.4, -0.2) is 18.7 Å². The fourth-order valence-corrected chi connectivity index (χ4v) is 7.47. The van der Waals surface area contributed by atoms with Gasteiger partial charge < -0.3 is 9.13 Å². The highest BCUT2D eigenvalue weighted by Crippen LogP contribution is 2.42. The third-order valence-corrected chi connectivity index (χ3v) is 9.28. The van der Waals surface area contributed by atoms with Gasteiger partial charge in [-0.1, -0.05) is 97.1 Å². The molecule has 4 nitrogen and oxygen atoms in total. The molecule has 0 radical (unpaired) electrons. The molecule has 0 saturated heterocycles. The number of rotatable bonds is 3. The topological polar surface area (TPSA) is 27.7 Å². The smallest absolute Gasteiger partial charge is 0.139 e. The molecular formula is C41H26N4. The molecule has 0 unspecified atom stereocenters. The molecule has 0 bridgehead atoms. The first-order chi connectivity index (χ1) is 22.4. The summed E-state index contributed by atoms with van der Waals surface area (Å²) in [4.78, 5) is 5.00. The van der Waals surface area contributed by atoms with Crippen LogP contribution in [-0.2, 0) is 0 Å². The summed E-state index contributed by atoms with van der Waals surface area (Å²) in [6, 6.07) is 54.3. The predicted octanol–water partition coefficient (Wildman–Crippen LogP) is 10.4. The summed E-state index contributed by atoms with van der Waals surface area (Å²) in [5.74, 6) is 0.891. The number of para-hydroxylation sites is 5. The lowest BCUT2D eigenvalue weighted by molar-refractivity contribution is 1.06. The number of benzene rings is 6. The first kappa shape index (κ1) is 24.3. The Bertz CT molecular complexity index is 2710. The Hall–Kier alpha value is -6.13. The van der Waals surface area contributed by atoms with Crippen molar-refractivity contribution >= 4 is 65.4 Å². The van der Waals surface area contributed by atoms with Crippen LogP contribution in [0.15, 0.2) is 158 Å². The quantitative estimate of drug-likeness (QED) is 0.206. The van der Waals surface area contributed by atoms with Gasteiger partial charge in [0.25, 0.3) is 0 Å². The van der Waals surface area contributed by atoms with Crippen LogP contribution < -0.4 is 0 Å². The molecule has 0 amide bonds. The Balaban J connectivity index is 1.32. The largest absolute Gasteiger partial charge is 0.309 e. The van der Waals surface area contributed by atoms with Crippen molar-refractivity contribution < 1.29 is 0 Å². The molecule has 4 heterocycles. The third-order valence-electron chi connectivity index (χ3n) is 9.28. The standard InChI is InChI=1S/C41H26N4/c1-2-12-27(13-3-1)44-36-20-10-6-16-31(36)32-22-23-38-40(41(32)44)33-17-7-11-21-37(33)45(38)39-26-28(24-25-42-39)43-34-18-8-4-14-29(34)30-15-5-9-19-35(30)43/h1-26H. The van der Waals surface area contributed by atoms with Gasteiger partial charge >= 0.3 is 0 Å². The summed E-state index contributed by atoms with van der Waals surface area (Å²) in [6.07, 6.45) is 1.94. The van der Waals surface area contributed by atoms with E-state index >= 15 is 0 Å². The normalized spacial score (nSPS) is 12.0. The van der Waals surface area contributed by atoms with Crippen LogP contribution in [0.25, 0.3) is 82.6 Å². The molecule has 4 heteroatoms. The lowest BCUT2D eigenvalue weighted by Gasteiger charge is -2.12. The van der Waals surface area contributed by atoms with Crippen LogP contribution in [0.4, 0.5) is 0 Å². The van der Waals surface area contributed by atoms with E-state index in [1.54, 1.807) is 0 Å². The Morgan fingerprint density at radius 1 is 0.356 bits per heavy atom. The van der Waals surface area contributed by atoms with Crippen LogP contribution in [0.1, 0.15) is 0 Å². The van der Waals surface area contributed by atoms with E-state index in [1.165, 1.54) is 54.4 Å². The lowest BCUT2D eigenvalue weighted by atomic mass is 10.1. The second-order valence-corrected chi connectivity index (χ2v) is 11.6. The molecule has 4 aromatic heterocycles. The van der Waals surface area contributed by atoms with E-state index in [0.29, 0.717) is 0 Å². The summed E-state index contributed by atoms with van der Waals surface area (Å²) in [5, 5.41) is 7.44. The molecule has 0 fully saturated rings. The van der Waals surface area contributed by atoms with Crippen LogP contribution in [0.2, 0.25) is 0 Å². The SMILES string of the molecule is c1ccc(-n2c3ccccc3c3ccc4c(c5ccccc5n4-c4cc(-n5c6ccccc6c6ccccc65)ccn4)c32)cc1. The highest BCUT2D eigenvalue weighted by molar-refractivity contribution is 6.26. The van der Waals surface area contributed by atoms with Gasteiger partial charge in [0.15, 0.2) is 0 Å². The molecule has 10 aromatic rings. The Kier molecular flexibility index (Phi) is 4.96. The first-order valence-corrected chi connectivity index (χ1v) is 15.3. The van der Waals surface area contributed by atoms with Gasteiger partial charge in [0, 0.05) is 50.3 Å². The number of hydrogen-bond donors (Lipinski definition) is 0. The van der Waals surface area contributed by atoms with Crippen molar-refractivity contribution in [3.05, 3.63) is 158 Å². The minimum Gasteiger partial charge on any atom is -0.309 e. The second kappa shape index (κ2) is 9.18. The number of nitrogens with zero attached hydrogens (tertiary/aromatic N) is 4. The van der Waals surface area contributed by atoms with Crippen LogP contribution >= 0.6 is 0 Å². The van der Waals surface area contributed by atoms with E-state index in [1.807, 2.05) is 6.20 Å². The number of aromatic nitrogens is 4. The fourth-order valence-electron chi connectivity index (χ4n) is 7.47. The van der Waals surface area contributed by atoms with Crippen LogP contribution in [0, 0.1) is 0 Å². The first-order valence-electron chi connectivity index (χ1n) is 15.3. The van der Waals surface area contributed by atoms with Gasteiger partial charge in [0.05, 0.1) is 38.8 Å². The average Bonchev–Trinajstić information content (AvgIpc) is 3.74. The third kappa shape index (κ3) is 3.34. The summed E-state index contributed by atoms with van der Waals surface area (Å²) in [5.41, 5.74) is 9.30. The van der Waals surface area contributed by atoms with Gasteiger partial charge in [-0.15, -0.1) is 0 Å². The van der Waals surface area contributed by atoms with Crippen molar-refractivity contribution in [2.24, 2.45) is 0 Å². The maximum atomic E-state index is 5.00. The average molecular weight is 575 g/mol. The van der Waals surface area contributed by atoms with E-state index in [0.717, 1.165) is 28.2 Å². The van der Waals surface area contributed by atoms with Crippen molar-refractivity contribution in [1.29, 1.82) is 0 Å². The van der Waals surface area contributed by atoms with E-state index in [-0.39, 0.29) is 0 Å². The molecule has 0 saturated carbocycles. The molecule has 0 spiro atoms. The van der Waals surface area contributed by atoms with Gasteiger partial charge in [0.2, 0.25) is 0 Å².